The Balaban J connectivity index is 1.34. The van der Waals surface area contributed by atoms with Crippen LogP contribution in [0.15, 0.2) is 108 Å². The zero-order valence-electron chi connectivity index (χ0n) is 22.5. The molecule has 0 heterocycles. The monoisotopic (exact) mass is 557 g/mol. The minimum absolute atomic E-state index is 0.329. The van der Waals surface area contributed by atoms with Gasteiger partial charge in [-0.05, 0) is 85.6 Å². The third-order valence-electron chi connectivity index (χ3n) is 5.95. The van der Waals surface area contributed by atoms with Gasteiger partial charge in [0, 0.05) is 0 Å². The number of hydrogen-bond acceptors (Lipinski definition) is 6. The summed E-state index contributed by atoms with van der Waals surface area (Å²) in [6.07, 6.45) is 2.53. The summed E-state index contributed by atoms with van der Waals surface area (Å²) < 4.78 is 37.8. The molecule has 0 aliphatic heterocycles. The molecule has 1 N–H and O–H groups in total. The van der Waals surface area contributed by atoms with Crippen LogP contribution in [0, 0.1) is 6.92 Å². The van der Waals surface area contributed by atoms with Gasteiger partial charge in [-0.1, -0.05) is 48.0 Å². The number of amides is 1. The minimum Gasteiger partial charge on any atom is -0.489 e. The van der Waals surface area contributed by atoms with Crippen molar-refractivity contribution >= 4 is 27.8 Å². The first kappa shape index (κ1) is 28.4. The fourth-order valence-corrected chi connectivity index (χ4v) is 5.03. The Labute approximate surface area is 234 Å². The lowest BCUT2D eigenvalue weighted by Gasteiger charge is -2.27. The Bertz CT molecular complexity index is 1540. The smallest absolute Gasteiger partial charge is 0.263 e. The van der Waals surface area contributed by atoms with Crippen LogP contribution in [0.3, 0.4) is 0 Å². The molecule has 0 radical (unpaired) electrons. The van der Waals surface area contributed by atoms with E-state index in [2.05, 4.69) is 10.5 Å². The van der Waals surface area contributed by atoms with Gasteiger partial charge in [0.25, 0.3) is 5.91 Å². The van der Waals surface area contributed by atoms with E-state index in [1.165, 1.54) is 18.7 Å². The summed E-state index contributed by atoms with van der Waals surface area (Å²) in [6, 6.07) is 30.1. The van der Waals surface area contributed by atoms with Gasteiger partial charge < -0.3 is 9.47 Å². The van der Waals surface area contributed by atoms with Gasteiger partial charge in [-0.2, -0.15) is 5.10 Å². The molecule has 0 aliphatic rings. The van der Waals surface area contributed by atoms with E-state index < -0.39 is 22.0 Å². The number of sulfonamides is 1. The number of para-hydroxylation sites is 1. The number of nitrogens with one attached hydrogen (secondary N) is 1. The molecule has 0 saturated heterocycles. The minimum atomic E-state index is -3.78. The summed E-state index contributed by atoms with van der Waals surface area (Å²) in [5, 5.41) is 4.01. The molecule has 1 amide bonds. The molecule has 206 valence electrons. The molecule has 40 heavy (non-hydrogen) atoms. The third kappa shape index (κ3) is 7.94. The Morgan fingerprint density at radius 1 is 0.875 bits per heavy atom. The first-order valence-corrected chi connectivity index (χ1v) is 14.5. The second kappa shape index (κ2) is 12.9. The molecule has 0 bridgehead atoms. The first-order chi connectivity index (χ1) is 19.2. The number of rotatable bonds is 11. The van der Waals surface area contributed by atoms with E-state index in [0.29, 0.717) is 29.5 Å². The molecule has 0 fully saturated rings. The van der Waals surface area contributed by atoms with Crippen molar-refractivity contribution in [3.8, 4) is 17.2 Å². The molecule has 4 rings (SSSR count). The van der Waals surface area contributed by atoms with Gasteiger partial charge in [-0.15, -0.1) is 0 Å². The number of anilines is 1. The molecule has 0 saturated carbocycles. The Hall–Kier alpha value is -4.63. The van der Waals surface area contributed by atoms with Gasteiger partial charge in [0.2, 0.25) is 10.0 Å². The summed E-state index contributed by atoms with van der Waals surface area (Å²) in [7, 11) is -3.78. The van der Waals surface area contributed by atoms with Crippen LogP contribution in [0.1, 0.15) is 23.6 Å². The summed E-state index contributed by atoms with van der Waals surface area (Å²) in [5.41, 5.74) is 5.77. The highest BCUT2D eigenvalue weighted by Gasteiger charge is 2.29. The van der Waals surface area contributed by atoms with Crippen molar-refractivity contribution in [2.24, 2.45) is 5.10 Å². The fraction of sp³-hybridized carbons (Fsp3) is 0.161. The first-order valence-electron chi connectivity index (χ1n) is 12.6. The maximum Gasteiger partial charge on any atom is 0.263 e. The summed E-state index contributed by atoms with van der Waals surface area (Å²) in [5.74, 6) is 1.32. The number of benzene rings is 4. The quantitative estimate of drug-likeness (QED) is 0.189. The molecular weight excluding hydrogens is 526 g/mol. The van der Waals surface area contributed by atoms with Crippen LogP contribution in [0.4, 0.5) is 5.69 Å². The van der Waals surface area contributed by atoms with Gasteiger partial charge in [-0.3, -0.25) is 9.10 Å². The van der Waals surface area contributed by atoms with E-state index in [1.807, 2.05) is 85.8 Å². The summed E-state index contributed by atoms with van der Waals surface area (Å²) in [6.45, 7) is 4.00. The largest absolute Gasteiger partial charge is 0.489 e. The second-order valence-electron chi connectivity index (χ2n) is 9.22. The number of carbonyl (C=O) groups is 1. The average molecular weight is 558 g/mol. The van der Waals surface area contributed by atoms with Crippen molar-refractivity contribution in [2.75, 3.05) is 10.6 Å². The van der Waals surface area contributed by atoms with Crippen LogP contribution in [-0.2, 0) is 21.4 Å². The highest BCUT2D eigenvalue weighted by molar-refractivity contribution is 7.92. The Morgan fingerprint density at radius 3 is 2.10 bits per heavy atom. The molecule has 1 atom stereocenters. The van der Waals surface area contributed by atoms with E-state index >= 15 is 0 Å². The third-order valence-corrected chi connectivity index (χ3v) is 7.19. The van der Waals surface area contributed by atoms with E-state index in [4.69, 9.17) is 9.47 Å². The lowest BCUT2D eigenvalue weighted by atomic mass is 10.2. The van der Waals surface area contributed by atoms with E-state index in [0.717, 1.165) is 21.7 Å². The molecule has 4 aromatic rings. The standard InChI is InChI=1S/C31H31N3O5S/c1-23-9-11-26(12-10-23)22-38-28-17-13-25(14-18-28)21-32-33-31(35)24(2)34(40(3,36)37)27-15-19-30(20-16-27)39-29-7-5-4-6-8-29/h4-21,24H,22H2,1-3H3,(H,33,35)/b32-21-/t24-/m0/s1. The van der Waals surface area contributed by atoms with Crippen molar-refractivity contribution < 1.29 is 22.7 Å². The van der Waals surface area contributed by atoms with E-state index in [9.17, 15) is 13.2 Å². The number of carbonyl (C=O) groups excluding carboxylic acids is 1. The molecule has 8 nitrogen and oxygen atoms in total. The van der Waals surface area contributed by atoms with Crippen molar-refractivity contribution in [2.45, 2.75) is 26.5 Å². The van der Waals surface area contributed by atoms with Crippen LogP contribution in [0.2, 0.25) is 0 Å². The maximum atomic E-state index is 12.8. The van der Waals surface area contributed by atoms with E-state index in [1.54, 1.807) is 24.3 Å². The Morgan fingerprint density at radius 2 is 1.48 bits per heavy atom. The number of hydrazone groups is 1. The summed E-state index contributed by atoms with van der Waals surface area (Å²) >= 11 is 0. The van der Waals surface area contributed by atoms with Crippen LogP contribution < -0.4 is 19.2 Å². The van der Waals surface area contributed by atoms with Crippen molar-refractivity contribution in [3.05, 3.63) is 120 Å². The Kier molecular flexibility index (Phi) is 9.19. The van der Waals surface area contributed by atoms with Crippen LogP contribution >= 0.6 is 0 Å². The molecule has 9 heteroatoms. The topological polar surface area (TPSA) is 97.3 Å². The number of nitrogens with zero attached hydrogens (tertiary/aromatic N) is 2. The van der Waals surface area contributed by atoms with Gasteiger partial charge in [-0.25, -0.2) is 13.8 Å². The summed E-state index contributed by atoms with van der Waals surface area (Å²) in [4.78, 5) is 12.8. The number of hydrogen-bond donors (Lipinski definition) is 1. The highest BCUT2D eigenvalue weighted by atomic mass is 32.2. The van der Waals surface area contributed by atoms with Crippen molar-refractivity contribution in [1.29, 1.82) is 0 Å². The van der Waals surface area contributed by atoms with Gasteiger partial charge in [0.15, 0.2) is 0 Å². The zero-order chi connectivity index (χ0) is 28.5. The van der Waals surface area contributed by atoms with Crippen LogP contribution in [0.25, 0.3) is 0 Å². The lowest BCUT2D eigenvalue weighted by Crippen LogP contribution is -2.46. The van der Waals surface area contributed by atoms with Gasteiger partial charge in [0.1, 0.15) is 29.9 Å². The SMILES string of the molecule is Cc1ccc(COc2ccc(/C=N\NC(=O)[C@H](C)N(c3ccc(Oc4ccccc4)cc3)S(C)(=O)=O)cc2)cc1. The van der Waals surface area contributed by atoms with Crippen LogP contribution in [-0.4, -0.2) is 32.8 Å². The lowest BCUT2D eigenvalue weighted by molar-refractivity contribution is -0.121. The molecule has 0 aliphatic carbocycles. The van der Waals surface area contributed by atoms with Crippen molar-refractivity contribution in [1.82, 2.24) is 5.43 Å². The fourth-order valence-electron chi connectivity index (χ4n) is 3.86. The second-order valence-corrected chi connectivity index (χ2v) is 11.1. The molecular formula is C31H31N3O5S. The van der Waals surface area contributed by atoms with Gasteiger partial charge in [0.05, 0.1) is 18.2 Å². The molecule has 0 spiro atoms. The number of ether oxygens (including phenoxy) is 2. The van der Waals surface area contributed by atoms with Crippen LogP contribution in [0.5, 0.6) is 17.2 Å². The predicted octanol–water partition coefficient (Wildman–Crippen LogP) is 5.67. The zero-order valence-corrected chi connectivity index (χ0v) is 23.3. The van der Waals surface area contributed by atoms with E-state index in [-0.39, 0.29) is 0 Å². The molecule has 0 unspecified atom stereocenters. The predicted molar refractivity (Wildman–Crippen MR) is 157 cm³/mol. The highest BCUT2D eigenvalue weighted by Crippen LogP contribution is 2.27. The average Bonchev–Trinajstić information content (AvgIpc) is 2.94. The molecule has 0 aromatic heterocycles. The number of aryl methyl sites for hydroxylation is 1. The van der Waals surface area contributed by atoms with Crippen molar-refractivity contribution in [3.63, 3.8) is 0 Å². The maximum absolute atomic E-state index is 12.8. The van der Waals surface area contributed by atoms with Gasteiger partial charge >= 0.3 is 0 Å². The normalized spacial score (nSPS) is 12.1. The molecule has 4 aromatic carbocycles.